The van der Waals surface area contributed by atoms with Crippen LogP contribution in [0.4, 0.5) is 5.69 Å². The van der Waals surface area contributed by atoms with Crippen molar-refractivity contribution in [3.8, 4) is 0 Å². The standard InChI is InChI=1S/C15H22N2O4.ClH/c1-3-21-14(18)11-6-4-7-12(10-11)17-9-5-8-13(16)15(19)20-2;/h4,6-7,10,13,17H,3,5,8-9,16H2,1-2H3;1H/t13-;/m0./s1. The summed E-state index contributed by atoms with van der Waals surface area (Å²) in [5, 5.41) is 3.21. The van der Waals surface area contributed by atoms with Gasteiger partial charge in [-0.1, -0.05) is 6.07 Å². The molecular formula is C15H23ClN2O4. The molecule has 0 aliphatic carbocycles. The number of carbonyl (C=O) groups is 2. The first kappa shape index (κ1) is 20.2. The van der Waals surface area contributed by atoms with E-state index < -0.39 is 0 Å². The molecule has 0 saturated carbocycles. The van der Waals surface area contributed by atoms with Crippen LogP contribution in [-0.2, 0) is 14.3 Å². The molecule has 0 unspecified atom stereocenters. The number of hydrogen-bond acceptors (Lipinski definition) is 5. The Morgan fingerprint density at radius 1 is 1.36 bits per heavy atom. The van der Waals surface area contributed by atoms with Crippen LogP contribution in [0.5, 0.6) is 0 Å². The van der Waals surface area contributed by atoms with Crippen LogP contribution >= 0.6 is 0 Å². The van der Waals surface area contributed by atoms with Crippen LogP contribution in [0, 0.1) is 0 Å². The topological polar surface area (TPSA) is 92.3 Å². The summed E-state index contributed by atoms with van der Waals surface area (Å²) < 4.78 is 9.57. The molecule has 1 rings (SSSR count). The van der Waals surface area contributed by atoms with Gasteiger partial charge >= 0.3 is 11.9 Å². The minimum Gasteiger partial charge on any atom is -1.00 e. The van der Waals surface area contributed by atoms with Crippen molar-refractivity contribution in [2.75, 3.05) is 25.6 Å². The average Bonchev–Trinajstić information content (AvgIpc) is 2.51. The Hall–Kier alpha value is -1.79. The second-order valence-electron chi connectivity index (χ2n) is 4.59. The molecular weight excluding hydrogens is 308 g/mol. The fraction of sp³-hybridized carbons (Fsp3) is 0.467. The number of nitrogens with one attached hydrogen (secondary N) is 1. The molecule has 0 aliphatic heterocycles. The average molecular weight is 331 g/mol. The van der Waals surface area contributed by atoms with Crippen LogP contribution < -0.4 is 23.5 Å². The molecule has 0 aromatic heterocycles. The summed E-state index contributed by atoms with van der Waals surface area (Å²) in [5.41, 5.74) is 5.11. The van der Waals surface area contributed by atoms with Gasteiger partial charge < -0.3 is 32.9 Å². The fourth-order valence-corrected chi connectivity index (χ4v) is 1.84. The zero-order valence-electron chi connectivity index (χ0n) is 12.9. The van der Waals surface area contributed by atoms with E-state index in [1.807, 2.05) is 6.07 Å². The van der Waals surface area contributed by atoms with Crippen molar-refractivity contribution in [1.29, 1.82) is 0 Å². The highest BCUT2D eigenvalue weighted by Gasteiger charge is 2.16. The van der Waals surface area contributed by atoms with Crippen molar-refractivity contribution in [3.63, 3.8) is 0 Å². The van der Waals surface area contributed by atoms with E-state index >= 15 is 0 Å². The first-order valence-electron chi connectivity index (χ1n) is 7.00. The highest BCUT2D eigenvalue weighted by Crippen LogP contribution is 2.12. The van der Waals surface area contributed by atoms with Crippen molar-refractivity contribution < 1.29 is 37.2 Å². The Morgan fingerprint density at radius 2 is 2.09 bits per heavy atom. The Labute approximate surface area is 136 Å². The van der Waals surface area contributed by atoms with E-state index in [2.05, 4.69) is 15.8 Å². The van der Waals surface area contributed by atoms with Gasteiger partial charge in [0.1, 0.15) is 0 Å². The molecule has 0 aliphatic rings. The summed E-state index contributed by atoms with van der Waals surface area (Å²) >= 11 is 0. The van der Waals surface area contributed by atoms with Gasteiger partial charge in [-0.05, 0) is 31.5 Å². The molecule has 0 spiro atoms. The summed E-state index contributed by atoms with van der Waals surface area (Å²) in [4.78, 5) is 22.8. The van der Waals surface area contributed by atoms with Gasteiger partial charge in [-0.25, -0.2) is 9.59 Å². The van der Waals surface area contributed by atoms with Crippen LogP contribution in [0.1, 0.15) is 30.1 Å². The molecule has 1 aromatic carbocycles. The number of quaternary nitrogens is 1. The maximum atomic E-state index is 11.6. The van der Waals surface area contributed by atoms with E-state index in [1.165, 1.54) is 7.11 Å². The second-order valence-corrected chi connectivity index (χ2v) is 4.59. The zero-order valence-corrected chi connectivity index (χ0v) is 13.7. The van der Waals surface area contributed by atoms with Gasteiger partial charge in [0.25, 0.3) is 0 Å². The van der Waals surface area contributed by atoms with Gasteiger partial charge in [-0.2, -0.15) is 0 Å². The Morgan fingerprint density at radius 3 is 2.73 bits per heavy atom. The van der Waals surface area contributed by atoms with Crippen LogP contribution in [-0.4, -0.2) is 38.2 Å². The SMILES string of the molecule is CCOC(=O)c1cccc(NCCC[C@H]([NH3+])C(=O)OC)c1.[Cl-]. The van der Waals surface area contributed by atoms with Gasteiger partial charge in [0.05, 0.1) is 19.3 Å². The predicted molar refractivity (Wildman–Crippen MR) is 78.8 cm³/mol. The van der Waals surface area contributed by atoms with Crippen LogP contribution in [0.15, 0.2) is 24.3 Å². The normalized spacial score (nSPS) is 11.0. The van der Waals surface area contributed by atoms with Crippen molar-refractivity contribution in [2.45, 2.75) is 25.8 Å². The molecule has 4 N–H and O–H groups in total. The molecule has 0 amide bonds. The molecule has 0 saturated heterocycles. The number of ether oxygens (including phenoxy) is 2. The van der Waals surface area contributed by atoms with E-state index in [-0.39, 0.29) is 30.4 Å². The molecule has 1 aromatic rings. The van der Waals surface area contributed by atoms with Crippen molar-refractivity contribution in [1.82, 2.24) is 0 Å². The molecule has 0 bridgehead atoms. The third-order valence-electron chi connectivity index (χ3n) is 2.97. The maximum Gasteiger partial charge on any atom is 0.364 e. The molecule has 6 nitrogen and oxygen atoms in total. The lowest BCUT2D eigenvalue weighted by atomic mass is 10.1. The summed E-state index contributed by atoms with van der Waals surface area (Å²) in [6.45, 7) is 2.82. The summed E-state index contributed by atoms with van der Waals surface area (Å²) in [7, 11) is 1.36. The molecule has 0 heterocycles. The van der Waals surface area contributed by atoms with Gasteiger partial charge in [0, 0.05) is 18.7 Å². The number of carbonyl (C=O) groups excluding carboxylic acids is 2. The first-order chi connectivity index (χ1) is 10.1. The number of methoxy groups -OCH3 is 1. The zero-order chi connectivity index (χ0) is 15.7. The van der Waals surface area contributed by atoms with Crippen molar-refractivity contribution >= 4 is 17.6 Å². The highest BCUT2D eigenvalue weighted by atomic mass is 35.5. The molecule has 7 heteroatoms. The minimum atomic E-state index is -0.345. The fourth-order valence-electron chi connectivity index (χ4n) is 1.84. The third-order valence-corrected chi connectivity index (χ3v) is 2.97. The van der Waals surface area contributed by atoms with E-state index in [9.17, 15) is 9.59 Å². The lowest BCUT2D eigenvalue weighted by molar-refractivity contribution is -0.409. The number of hydrogen-bond donors (Lipinski definition) is 2. The first-order valence-corrected chi connectivity index (χ1v) is 7.00. The third kappa shape index (κ3) is 6.78. The highest BCUT2D eigenvalue weighted by molar-refractivity contribution is 5.90. The van der Waals surface area contributed by atoms with Gasteiger partial charge in [0.2, 0.25) is 0 Å². The molecule has 22 heavy (non-hydrogen) atoms. The Kier molecular flexibility index (Phi) is 9.98. The van der Waals surface area contributed by atoms with Gasteiger partial charge in [0.15, 0.2) is 6.04 Å². The van der Waals surface area contributed by atoms with Crippen LogP contribution in [0.2, 0.25) is 0 Å². The van der Waals surface area contributed by atoms with E-state index in [4.69, 9.17) is 4.74 Å². The minimum absolute atomic E-state index is 0. The van der Waals surface area contributed by atoms with Crippen molar-refractivity contribution in [3.05, 3.63) is 29.8 Å². The monoisotopic (exact) mass is 330 g/mol. The lowest BCUT2D eigenvalue weighted by Crippen LogP contribution is -3.00. The van der Waals surface area contributed by atoms with Gasteiger partial charge in [-0.3, -0.25) is 0 Å². The quantitative estimate of drug-likeness (QED) is 0.418. The number of halogens is 1. The van der Waals surface area contributed by atoms with Gasteiger partial charge in [-0.15, -0.1) is 0 Å². The van der Waals surface area contributed by atoms with Crippen molar-refractivity contribution in [2.24, 2.45) is 0 Å². The second kappa shape index (κ2) is 10.9. The molecule has 1 atom stereocenters. The summed E-state index contributed by atoms with van der Waals surface area (Å²) in [6, 6.07) is 6.80. The molecule has 0 fully saturated rings. The summed E-state index contributed by atoms with van der Waals surface area (Å²) in [6.07, 6.45) is 1.43. The Balaban J connectivity index is 0.00000441. The smallest absolute Gasteiger partial charge is 0.364 e. The predicted octanol–water partition coefficient (Wildman–Crippen LogP) is -2.16. The Bertz CT molecular complexity index is 482. The van der Waals surface area contributed by atoms with Crippen LogP contribution in [0.25, 0.3) is 0 Å². The summed E-state index contributed by atoms with van der Waals surface area (Å²) in [5.74, 6) is -0.621. The number of benzene rings is 1. The van der Waals surface area contributed by atoms with E-state index in [0.717, 1.165) is 12.1 Å². The molecule has 124 valence electrons. The number of esters is 2. The number of anilines is 1. The largest absolute Gasteiger partial charge is 1.00 e. The van der Waals surface area contributed by atoms with E-state index in [0.29, 0.717) is 25.1 Å². The molecule has 0 radical (unpaired) electrons. The number of rotatable bonds is 8. The lowest BCUT2D eigenvalue weighted by Gasteiger charge is -2.09. The maximum absolute atomic E-state index is 11.6. The van der Waals surface area contributed by atoms with E-state index in [1.54, 1.807) is 25.1 Å². The van der Waals surface area contributed by atoms with Crippen LogP contribution in [0.3, 0.4) is 0 Å².